The van der Waals surface area contributed by atoms with Crippen LogP contribution in [0.4, 0.5) is 11.4 Å². The summed E-state index contributed by atoms with van der Waals surface area (Å²) in [5.41, 5.74) is 15.6. The average Bonchev–Trinajstić information content (AvgIpc) is 3.43. The van der Waals surface area contributed by atoms with Gasteiger partial charge in [0.1, 0.15) is 11.6 Å². The van der Waals surface area contributed by atoms with E-state index >= 15 is 0 Å². The smallest absolute Gasteiger partial charge is 0.251 e. The molecule has 1 fully saturated rings. The van der Waals surface area contributed by atoms with Crippen molar-refractivity contribution in [3.05, 3.63) is 75.8 Å². The number of phenols is 1. The molecule has 3 aromatic carbocycles. The number of hydrogen-bond acceptors (Lipinski definition) is 6. The summed E-state index contributed by atoms with van der Waals surface area (Å²) in [4.78, 5) is 26.2. The van der Waals surface area contributed by atoms with E-state index in [1.54, 1.807) is 48.5 Å². The van der Waals surface area contributed by atoms with E-state index < -0.39 is 0 Å². The molecule has 216 valence electrons. The molecule has 9 N–H and O–H groups in total. The van der Waals surface area contributed by atoms with Crippen LogP contribution < -0.4 is 27.4 Å². The van der Waals surface area contributed by atoms with Gasteiger partial charge in [0.05, 0.1) is 17.1 Å². The van der Waals surface area contributed by atoms with Gasteiger partial charge in [-0.05, 0) is 62.1 Å². The second-order valence-corrected chi connectivity index (χ2v) is 11.2. The van der Waals surface area contributed by atoms with Crippen LogP contribution >= 0.6 is 11.6 Å². The van der Waals surface area contributed by atoms with E-state index in [1.807, 2.05) is 13.8 Å². The molecule has 0 unspecified atom stereocenters. The Hall–Kier alpha value is -4.24. The Bertz CT molecular complexity index is 1450. The Labute approximate surface area is 245 Å². The Balaban J connectivity index is 1.65. The number of rotatable bonds is 10. The molecule has 1 aliphatic carbocycles. The van der Waals surface area contributed by atoms with E-state index in [9.17, 15) is 14.7 Å². The van der Waals surface area contributed by atoms with Crippen LogP contribution in [-0.2, 0) is 17.8 Å². The minimum absolute atomic E-state index is 0.000669. The monoisotopic (exact) mass is 576 g/mol. The number of nitrogen functional groups attached to an aromatic ring is 2. The highest BCUT2D eigenvalue weighted by Gasteiger charge is 2.23. The summed E-state index contributed by atoms with van der Waals surface area (Å²) in [6.45, 7) is 4.10. The SMILES string of the molecule is CC(C)Nc1cc(Cl)c(-c2cc(N)cc(C(=O)NC3CCCC3)c2)c(CC(=O)NCc2ccc(C(=N)N)cc2)c1O. The fourth-order valence-corrected chi connectivity index (χ4v) is 5.42. The fraction of sp³-hybridized carbons (Fsp3) is 0.323. The molecule has 1 aliphatic rings. The Kier molecular flexibility index (Phi) is 9.39. The Morgan fingerprint density at radius 3 is 2.39 bits per heavy atom. The first-order valence-corrected chi connectivity index (χ1v) is 14.1. The summed E-state index contributed by atoms with van der Waals surface area (Å²) in [5.74, 6) is -0.688. The van der Waals surface area contributed by atoms with Gasteiger partial charge in [0.25, 0.3) is 5.91 Å². The lowest BCUT2D eigenvalue weighted by atomic mass is 9.93. The minimum Gasteiger partial charge on any atom is -0.505 e. The highest BCUT2D eigenvalue weighted by molar-refractivity contribution is 6.34. The molecule has 0 aliphatic heterocycles. The zero-order valence-electron chi connectivity index (χ0n) is 23.3. The number of nitrogens with two attached hydrogens (primary N) is 2. The standard InChI is InChI=1S/C31H37ClN6O3/c1-17(2)37-26-15-25(32)28(20-11-21(13-22(33)12-20)31(41)38-23-5-3-4-6-23)24(29(26)40)14-27(39)36-16-18-7-9-19(10-8-18)30(34)35/h7-13,15,17,23,37,40H,3-6,14,16,33H2,1-2H3,(H3,34,35)(H,36,39)(H,38,41). The number of carbonyl (C=O) groups excluding carboxylic acids is 2. The van der Waals surface area contributed by atoms with Crippen LogP contribution in [0.15, 0.2) is 48.5 Å². The average molecular weight is 577 g/mol. The fourth-order valence-electron chi connectivity index (χ4n) is 5.09. The van der Waals surface area contributed by atoms with Crippen molar-refractivity contribution in [1.82, 2.24) is 10.6 Å². The molecular weight excluding hydrogens is 540 g/mol. The van der Waals surface area contributed by atoms with Crippen LogP contribution in [0.1, 0.15) is 66.6 Å². The molecule has 41 heavy (non-hydrogen) atoms. The maximum atomic E-state index is 13.1. The molecule has 9 nitrogen and oxygen atoms in total. The van der Waals surface area contributed by atoms with Crippen molar-refractivity contribution >= 4 is 40.6 Å². The molecule has 10 heteroatoms. The van der Waals surface area contributed by atoms with Gasteiger partial charge in [0.15, 0.2) is 0 Å². The van der Waals surface area contributed by atoms with Crippen LogP contribution in [0.5, 0.6) is 5.75 Å². The third-order valence-corrected chi connectivity index (χ3v) is 7.38. The molecule has 0 saturated heterocycles. The first kappa shape index (κ1) is 29.7. The molecule has 0 atom stereocenters. The van der Waals surface area contributed by atoms with E-state index in [1.165, 1.54) is 0 Å². The van der Waals surface area contributed by atoms with Gasteiger partial charge < -0.3 is 32.5 Å². The van der Waals surface area contributed by atoms with Crippen LogP contribution in [0.3, 0.4) is 0 Å². The van der Waals surface area contributed by atoms with Crippen molar-refractivity contribution in [3.63, 3.8) is 0 Å². The van der Waals surface area contributed by atoms with E-state index in [-0.39, 0.29) is 48.4 Å². The number of carbonyl (C=O) groups is 2. The zero-order valence-corrected chi connectivity index (χ0v) is 24.1. The second-order valence-electron chi connectivity index (χ2n) is 10.8. The van der Waals surface area contributed by atoms with Gasteiger partial charge in [-0.15, -0.1) is 0 Å². The van der Waals surface area contributed by atoms with E-state index in [0.717, 1.165) is 31.2 Å². The van der Waals surface area contributed by atoms with Crippen LogP contribution in [-0.4, -0.2) is 34.8 Å². The van der Waals surface area contributed by atoms with Gasteiger partial charge in [-0.2, -0.15) is 0 Å². The van der Waals surface area contributed by atoms with Crippen LogP contribution in [0.25, 0.3) is 11.1 Å². The molecule has 0 bridgehead atoms. The number of amidine groups is 1. The number of halogens is 1. The molecule has 1 saturated carbocycles. The molecule has 0 aromatic heterocycles. The lowest BCUT2D eigenvalue weighted by Gasteiger charge is -2.20. The first-order chi connectivity index (χ1) is 19.5. The van der Waals surface area contributed by atoms with Gasteiger partial charge in [0.2, 0.25) is 5.91 Å². The van der Waals surface area contributed by atoms with Gasteiger partial charge in [-0.1, -0.05) is 48.7 Å². The molecular formula is C31H37ClN6O3. The highest BCUT2D eigenvalue weighted by atomic mass is 35.5. The third-order valence-electron chi connectivity index (χ3n) is 7.09. The van der Waals surface area contributed by atoms with Crippen LogP contribution in [0, 0.1) is 5.41 Å². The first-order valence-electron chi connectivity index (χ1n) is 13.7. The molecule has 0 spiro atoms. The number of phenolic OH excluding ortho intramolecular Hbond substituents is 1. The maximum Gasteiger partial charge on any atom is 0.251 e. The van der Waals surface area contributed by atoms with Gasteiger partial charge in [-0.3, -0.25) is 15.0 Å². The number of aromatic hydroxyl groups is 1. The van der Waals surface area contributed by atoms with Crippen molar-refractivity contribution in [2.45, 2.75) is 64.6 Å². The lowest BCUT2D eigenvalue weighted by Crippen LogP contribution is -2.32. The van der Waals surface area contributed by atoms with E-state index in [0.29, 0.717) is 44.2 Å². The normalized spacial score (nSPS) is 13.3. The van der Waals surface area contributed by atoms with E-state index in [2.05, 4.69) is 16.0 Å². The summed E-state index contributed by atoms with van der Waals surface area (Å²) in [6.07, 6.45) is 3.91. The molecule has 0 radical (unpaired) electrons. The maximum absolute atomic E-state index is 13.1. The van der Waals surface area contributed by atoms with Gasteiger partial charge in [0, 0.05) is 46.6 Å². The summed E-state index contributed by atoms with van der Waals surface area (Å²) in [6, 6.07) is 13.7. The Morgan fingerprint density at radius 2 is 1.76 bits per heavy atom. The Morgan fingerprint density at radius 1 is 1.07 bits per heavy atom. The van der Waals surface area contributed by atoms with Crippen molar-refractivity contribution in [2.24, 2.45) is 5.73 Å². The molecule has 4 rings (SSSR count). The topological polar surface area (TPSA) is 166 Å². The zero-order chi connectivity index (χ0) is 29.7. The summed E-state index contributed by atoms with van der Waals surface area (Å²) in [5, 5.41) is 28.3. The summed E-state index contributed by atoms with van der Waals surface area (Å²) < 4.78 is 0. The largest absolute Gasteiger partial charge is 0.505 e. The number of nitrogens with one attached hydrogen (secondary N) is 4. The minimum atomic E-state index is -0.335. The summed E-state index contributed by atoms with van der Waals surface area (Å²) in [7, 11) is 0. The number of anilines is 2. The molecule has 3 aromatic rings. The summed E-state index contributed by atoms with van der Waals surface area (Å²) >= 11 is 6.79. The highest BCUT2D eigenvalue weighted by Crippen LogP contribution is 2.43. The second kappa shape index (κ2) is 13.0. The predicted molar refractivity (Wildman–Crippen MR) is 164 cm³/mol. The van der Waals surface area contributed by atoms with E-state index in [4.69, 9.17) is 28.5 Å². The molecule has 0 heterocycles. The van der Waals surface area contributed by atoms with Crippen molar-refractivity contribution < 1.29 is 14.7 Å². The van der Waals surface area contributed by atoms with Crippen molar-refractivity contribution in [2.75, 3.05) is 11.1 Å². The number of amides is 2. The van der Waals surface area contributed by atoms with Gasteiger partial charge >= 0.3 is 0 Å². The lowest BCUT2D eigenvalue weighted by molar-refractivity contribution is -0.120. The van der Waals surface area contributed by atoms with Crippen molar-refractivity contribution in [1.29, 1.82) is 5.41 Å². The van der Waals surface area contributed by atoms with Gasteiger partial charge in [-0.25, -0.2) is 0 Å². The van der Waals surface area contributed by atoms with Crippen molar-refractivity contribution in [3.8, 4) is 16.9 Å². The number of benzene rings is 3. The predicted octanol–water partition coefficient (Wildman–Crippen LogP) is 4.93. The molecule has 2 amide bonds. The number of hydrogen-bond donors (Lipinski definition) is 7. The van der Waals surface area contributed by atoms with Crippen LogP contribution in [0.2, 0.25) is 5.02 Å². The quantitative estimate of drug-likeness (QED) is 0.0781. The third kappa shape index (κ3) is 7.49.